The van der Waals surface area contributed by atoms with Crippen LogP contribution in [0.1, 0.15) is 18.1 Å². The second kappa shape index (κ2) is 9.36. The van der Waals surface area contributed by atoms with Gasteiger partial charge in [0.25, 0.3) is 5.91 Å². The SMILES string of the molecule is CCOc1cc(/C=C2/SC(=Nc3cc(C)ccc3O)NC2=O)ccc1OCC(=O)O. The number of aryl methyl sites for hydroxylation is 1. The average Bonchev–Trinajstić information content (AvgIpc) is 3.03. The molecule has 0 saturated carbocycles. The molecule has 30 heavy (non-hydrogen) atoms. The lowest BCUT2D eigenvalue weighted by atomic mass is 10.2. The van der Waals surface area contributed by atoms with Gasteiger partial charge in [-0.05, 0) is 67.1 Å². The minimum Gasteiger partial charge on any atom is -0.506 e. The number of amidine groups is 1. The number of rotatable bonds is 7. The molecule has 1 amide bonds. The maximum atomic E-state index is 12.3. The Morgan fingerprint density at radius 3 is 2.73 bits per heavy atom. The Bertz CT molecular complexity index is 1050. The van der Waals surface area contributed by atoms with Crippen LogP contribution in [-0.2, 0) is 9.59 Å². The van der Waals surface area contributed by atoms with E-state index in [9.17, 15) is 14.7 Å². The van der Waals surface area contributed by atoms with Crippen LogP contribution in [0.3, 0.4) is 0 Å². The molecule has 0 bridgehead atoms. The van der Waals surface area contributed by atoms with Crippen molar-refractivity contribution >= 4 is 40.6 Å². The normalized spacial score (nSPS) is 16.0. The fourth-order valence-electron chi connectivity index (χ4n) is 2.61. The van der Waals surface area contributed by atoms with E-state index >= 15 is 0 Å². The number of hydrogen-bond acceptors (Lipinski definition) is 7. The summed E-state index contributed by atoms with van der Waals surface area (Å²) in [6, 6.07) is 10.0. The zero-order valence-electron chi connectivity index (χ0n) is 16.3. The first-order valence-corrected chi connectivity index (χ1v) is 9.88. The molecule has 0 atom stereocenters. The standard InChI is InChI=1S/C21H20N2O6S/c1-3-28-17-9-13(5-7-16(17)29-11-19(25)26)10-18-20(27)23-21(30-18)22-14-8-12(2)4-6-15(14)24/h4-10,24H,3,11H2,1-2H3,(H,25,26)(H,22,23,27)/b18-10+. The molecule has 1 fully saturated rings. The lowest BCUT2D eigenvalue weighted by molar-refractivity contribution is -0.139. The van der Waals surface area contributed by atoms with E-state index in [-0.39, 0.29) is 11.7 Å². The van der Waals surface area contributed by atoms with Gasteiger partial charge in [-0.1, -0.05) is 12.1 Å². The van der Waals surface area contributed by atoms with Gasteiger partial charge in [-0.15, -0.1) is 0 Å². The summed E-state index contributed by atoms with van der Waals surface area (Å²) in [7, 11) is 0. The molecule has 3 rings (SSSR count). The zero-order valence-corrected chi connectivity index (χ0v) is 17.2. The number of benzene rings is 2. The summed E-state index contributed by atoms with van der Waals surface area (Å²) in [5.74, 6) is -0.681. The number of carboxylic acid groups (broad SMARTS) is 1. The highest BCUT2D eigenvalue weighted by Crippen LogP contribution is 2.34. The molecule has 156 valence electrons. The minimum absolute atomic E-state index is 0.0266. The number of carbonyl (C=O) groups excluding carboxylic acids is 1. The third kappa shape index (κ3) is 5.32. The third-order valence-electron chi connectivity index (χ3n) is 3.92. The molecule has 1 heterocycles. The Morgan fingerprint density at radius 2 is 2.00 bits per heavy atom. The molecular formula is C21H20N2O6S. The molecular weight excluding hydrogens is 408 g/mol. The molecule has 0 unspecified atom stereocenters. The molecule has 0 aromatic heterocycles. The van der Waals surface area contributed by atoms with Crippen molar-refractivity contribution in [1.82, 2.24) is 5.32 Å². The van der Waals surface area contributed by atoms with Crippen molar-refractivity contribution in [3.05, 3.63) is 52.4 Å². The molecule has 1 saturated heterocycles. The molecule has 0 radical (unpaired) electrons. The van der Waals surface area contributed by atoms with Crippen LogP contribution in [0.15, 0.2) is 46.3 Å². The van der Waals surface area contributed by atoms with Gasteiger partial charge in [0.1, 0.15) is 11.4 Å². The number of phenols is 1. The lowest BCUT2D eigenvalue weighted by Gasteiger charge is -2.11. The van der Waals surface area contributed by atoms with Gasteiger partial charge in [0.15, 0.2) is 23.3 Å². The number of aromatic hydroxyl groups is 1. The first-order valence-electron chi connectivity index (χ1n) is 9.06. The van der Waals surface area contributed by atoms with Gasteiger partial charge < -0.3 is 25.0 Å². The number of carbonyl (C=O) groups is 2. The van der Waals surface area contributed by atoms with Crippen molar-refractivity contribution in [2.45, 2.75) is 13.8 Å². The van der Waals surface area contributed by atoms with Gasteiger partial charge in [0.2, 0.25) is 0 Å². The van der Waals surface area contributed by atoms with Crippen molar-refractivity contribution in [3.63, 3.8) is 0 Å². The Kier molecular flexibility index (Phi) is 6.63. The third-order valence-corrected chi connectivity index (χ3v) is 4.83. The summed E-state index contributed by atoms with van der Waals surface area (Å²) in [4.78, 5) is 27.8. The second-order valence-corrected chi connectivity index (χ2v) is 7.33. The first-order chi connectivity index (χ1) is 14.4. The van der Waals surface area contributed by atoms with Crippen molar-refractivity contribution in [2.24, 2.45) is 4.99 Å². The summed E-state index contributed by atoms with van der Waals surface area (Å²) >= 11 is 1.15. The smallest absolute Gasteiger partial charge is 0.341 e. The predicted molar refractivity (Wildman–Crippen MR) is 114 cm³/mol. The van der Waals surface area contributed by atoms with Crippen LogP contribution in [0.25, 0.3) is 6.08 Å². The monoisotopic (exact) mass is 428 g/mol. The van der Waals surface area contributed by atoms with Crippen molar-refractivity contribution in [3.8, 4) is 17.2 Å². The quantitative estimate of drug-likeness (QED) is 0.578. The Balaban J connectivity index is 1.83. The van der Waals surface area contributed by atoms with E-state index in [1.54, 1.807) is 49.4 Å². The number of nitrogens with one attached hydrogen (secondary N) is 1. The van der Waals surface area contributed by atoms with Gasteiger partial charge in [0, 0.05) is 0 Å². The zero-order chi connectivity index (χ0) is 21.7. The maximum absolute atomic E-state index is 12.3. The summed E-state index contributed by atoms with van der Waals surface area (Å²) in [5.41, 5.74) is 1.99. The topological polar surface area (TPSA) is 117 Å². The number of carboxylic acids is 1. The van der Waals surface area contributed by atoms with Crippen LogP contribution in [-0.4, -0.2) is 40.5 Å². The summed E-state index contributed by atoms with van der Waals surface area (Å²) in [6.07, 6.45) is 1.67. The van der Waals surface area contributed by atoms with Gasteiger partial charge in [-0.2, -0.15) is 0 Å². The highest BCUT2D eigenvalue weighted by Gasteiger charge is 2.24. The molecule has 1 aliphatic heterocycles. The van der Waals surface area contributed by atoms with Gasteiger partial charge in [0.05, 0.1) is 11.5 Å². The van der Waals surface area contributed by atoms with E-state index in [0.29, 0.717) is 39.4 Å². The van der Waals surface area contributed by atoms with Crippen molar-refractivity contribution in [2.75, 3.05) is 13.2 Å². The van der Waals surface area contributed by atoms with Crippen LogP contribution in [0.4, 0.5) is 5.69 Å². The van der Waals surface area contributed by atoms with Crippen LogP contribution in [0, 0.1) is 6.92 Å². The summed E-state index contributed by atoms with van der Waals surface area (Å²) < 4.78 is 10.7. The highest BCUT2D eigenvalue weighted by molar-refractivity contribution is 8.18. The molecule has 0 spiro atoms. The van der Waals surface area contributed by atoms with Crippen LogP contribution in [0.5, 0.6) is 17.2 Å². The van der Waals surface area contributed by atoms with Crippen molar-refractivity contribution < 1.29 is 29.3 Å². The molecule has 9 heteroatoms. The predicted octanol–water partition coefficient (Wildman–Crippen LogP) is 3.45. The number of aliphatic carboxylic acids is 1. The number of nitrogens with zero attached hydrogens (tertiary/aromatic N) is 1. The Morgan fingerprint density at radius 1 is 1.20 bits per heavy atom. The summed E-state index contributed by atoms with van der Waals surface area (Å²) in [5, 5.41) is 21.8. The Labute approximate surface area is 177 Å². The number of hydrogen-bond donors (Lipinski definition) is 3. The van der Waals surface area contributed by atoms with Gasteiger partial charge in [-0.3, -0.25) is 4.79 Å². The van der Waals surface area contributed by atoms with E-state index in [2.05, 4.69) is 10.3 Å². The summed E-state index contributed by atoms with van der Waals surface area (Å²) in [6.45, 7) is 3.57. The van der Waals surface area contributed by atoms with Gasteiger partial charge >= 0.3 is 5.97 Å². The first kappa shape index (κ1) is 21.3. The molecule has 3 N–H and O–H groups in total. The molecule has 1 aliphatic rings. The number of aliphatic imine (C=N–C) groups is 1. The lowest BCUT2D eigenvalue weighted by Crippen LogP contribution is -2.19. The van der Waals surface area contributed by atoms with E-state index in [4.69, 9.17) is 14.6 Å². The maximum Gasteiger partial charge on any atom is 0.341 e. The van der Waals surface area contributed by atoms with Crippen LogP contribution in [0.2, 0.25) is 0 Å². The fourth-order valence-corrected chi connectivity index (χ4v) is 3.44. The molecule has 0 aliphatic carbocycles. The van der Waals surface area contributed by atoms with Crippen molar-refractivity contribution in [1.29, 1.82) is 0 Å². The van der Waals surface area contributed by atoms with Crippen LogP contribution >= 0.6 is 11.8 Å². The van der Waals surface area contributed by atoms with Crippen LogP contribution < -0.4 is 14.8 Å². The van der Waals surface area contributed by atoms with E-state index in [0.717, 1.165) is 17.3 Å². The molecule has 2 aromatic rings. The van der Waals surface area contributed by atoms with E-state index in [1.165, 1.54) is 0 Å². The number of amides is 1. The average molecular weight is 428 g/mol. The largest absolute Gasteiger partial charge is 0.506 e. The van der Waals surface area contributed by atoms with Gasteiger partial charge in [-0.25, -0.2) is 9.79 Å². The fraction of sp³-hybridized carbons (Fsp3) is 0.190. The minimum atomic E-state index is -1.09. The Hall–Kier alpha value is -3.46. The second-order valence-electron chi connectivity index (χ2n) is 6.30. The number of phenolic OH excluding ortho intramolecular Hbond substituents is 1. The molecule has 2 aromatic carbocycles. The van der Waals surface area contributed by atoms with E-state index in [1.807, 2.05) is 6.92 Å². The number of thioether (sulfide) groups is 1. The highest BCUT2D eigenvalue weighted by atomic mass is 32.2. The number of ether oxygens (including phenoxy) is 2. The van der Waals surface area contributed by atoms with E-state index < -0.39 is 12.6 Å². The molecule has 8 nitrogen and oxygen atoms in total.